The Balaban J connectivity index is 4.06. The normalized spacial score (nSPS) is 10.1. The third-order valence-electron chi connectivity index (χ3n) is 2.69. The summed E-state index contributed by atoms with van der Waals surface area (Å²) < 4.78 is 5.61. The molecule has 0 radical (unpaired) electrons. The zero-order chi connectivity index (χ0) is 15.6. The van der Waals surface area contributed by atoms with Gasteiger partial charge in [-0.15, -0.1) is 0 Å². The Bertz CT molecular complexity index is 428. The van der Waals surface area contributed by atoms with E-state index in [9.17, 15) is 9.90 Å². The van der Waals surface area contributed by atoms with E-state index in [1.54, 1.807) is 12.1 Å². The Labute approximate surface area is 119 Å². The van der Waals surface area contributed by atoms with Gasteiger partial charge in [0.25, 0.3) is 0 Å². The van der Waals surface area contributed by atoms with Crippen molar-refractivity contribution in [3.63, 3.8) is 0 Å². The first kappa shape index (κ1) is 17.8. The molecule has 0 heterocycles. The van der Waals surface area contributed by atoms with Gasteiger partial charge in [-0.2, -0.15) is 10.5 Å². The van der Waals surface area contributed by atoms with Gasteiger partial charge in [0.05, 0.1) is 20.6 Å². The summed E-state index contributed by atoms with van der Waals surface area (Å²) >= 11 is 0. The second kappa shape index (κ2) is 8.78. The quantitative estimate of drug-likeness (QED) is 0.290. The summed E-state index contributed by atoms with van der Waals surface area (Å²) in [6.45, 7) is 3.73. The molecule has 0 rings (SSSR count). The molecule has 0 spiro atoms. The molecule has 0 atom stereocenters. The largest absolute Gasteiger partial charge is 0.479 e. The van der Waals surface area contributed by atoms with E-state index in [0.717, 1.165) is 13.0 Å². The number of allylic oxidation sites excluding steroid dienone is 1. The predicted molar refractivity (Wildman–Crippen MR) is 72.0 cm³/mol. The summed E-state index contributed by atoms with van der Waals surface area (Å²) in [7, 11) is 3.99. The van der Waals surface area contributed by atoms with Crippen molar-refractivity contribution in [3.05, 3.63) is 11.5 Å². The average molecular weight is 281 g/mol. The Kier molecular flexibility index (Phi) is 7.80. The average Bonchev–Trinajstić information content (AvgIpc) is 2.36. The minimum atomic E-state index is -0.631. The molecule has 0 aliphatic heterocycles. The standard InChI is InChI=1S/C13H20N4O3/c1-11(18)16-5-4-6-17(2,3)7-8-20-13(19)12(9-14)10-15/h4-8H2,1-3H3,(H-,16,18,19)/p+1. The lowest BCUT2D eigenvalue weighted by atomic mass is 10.3. The summed E-state index contributed by atoms with van der Waals surface area (Å²) in [5, 5.41) is 29.1. The van der Waals surface area contributed by atoms with Crippen molar-refractivity contribution in [3.8, 4) is 12.1 Å². The molecule has 0 unspecified atom stereocenters. The molecule has 20 heavy (non-hydrogen) atoms. The number of amides is 1. The number of quaternary nitrogens is 1. The summed E-state index contributed by atoms with van der Waals surface area (Å²) in [6.07, 6.45) is 0.829. The zero-order valence-electron chi connectivity index (χ0n) is 12.1. The van der Waals surface area contributed by atoms with E-state index >= 15 is 0 Å². The van der Waals surface area contributed by atoms with Crippen LogP contribution >= 0.6 is 0 Å². The molecule has 0 saturated carbocycles. The van der Waals surface area contributed by atoms with Crippen LogP contribution in [0, 0.1) is 22.7 Å². The molecule has 0 aromatic rings. The fourth-order valence-electron chi connectivity index (χ4n) is 1.47. The van der Waals surface area contributed by atoms with E-state index in [-0.39, 0.29) is 12.5 Å². The van der Waals surface area contributed by atoms with Crippen molar-refractivity contribution >= 4 is 5.91 Å². The van der Waals surface area contributed by atoms with Crippen molar-refractivity contribution in [2.45, 2.75) is 13.3 Å². The fraction of sp³-hybridized carbons (Fsp3) is 0.615. The van der Waals surface area contributed by atoms with Crippen LogP contribution in [-0.2, 0) is 9.53 Å². The van der Waals surface area contributed by atoms with Gasteiger partial charge in [0.1, 0.15) is 25.3 Å². The van der Waals surface area contributed by atoms with Crippen LogP contribution in [0.3, 0.4) is 0 Å². The van der Waals surface area contributed by atoms with Crippen LogP contribution in [0.1, 0.15) is 13.3 Å². The number of nitriles is 2. The maximum Gasteiger partial charge on any atom is 0.306 e. The smallest absolute Gasteiger partial charge is 0.306 e. The zero-order valence-corrected chi connectivity index (χ0v) is 12.1. The molecule has 0 fully saturated rings. The summed E-state index contributed by atoms with van der Waals surface area (Å²) in [5.74, 6) is -0.678. The van der Waals surface area contributed by atoms with Gasteiger partial charge < -0.3 is 19.6 Å². The van der Waals surface area contributed by atoms with E-state index in [0.29, 0.717) is 17.6 Å². The molecule has 0 aliphatic rings. The molecule has 0 aromatic carbocycles. The minimum Gasteiger partial charge on any atom is -0.479 e. The van der Waals surface area contributed by atoms with Crippen molar-refractivity contribution < 1.29 is 19.1 Å². The van der Waals surface area contributed by atoms with Crippen molar-refractivity contribution in [1.82, 2.24) is 5.32 Å². The molecule has 2 N–H and O–H groups in total. The Morgan fingerprint density at radius 1 is 1.30 bits per heavy atom. The van der Waals surface area contributed by atoms with Crippen LogP contribution in [0.4, 0.5) is 0 Å². The third kappa shape index (κ3) is 7.96. The van der Waals surface area contributed by atoms with Gasteiger partial charge in [0.2, 0.25) is 11.5 Å². The molecule has 0 aromatic heterocycles. The molecule has 110 valence electrons. The van der Waals surface area contributed by atoms with Crippen molar-refractivity contribution in [1.29, 1.82) is 10.5 Å². The molecule has 0 bridgehead atoms. The SMILES string of the molecule is CC(=O)NCCC[N+](C)(C)CCOC(O)=C(C#N)C#N. The van der Waals surface area contributed by atoms with Crippen LogP contribution < -0.4 is 5.32 Å². The topological polar surface area (TPSA) is 106 Å². The fourth-order valence-corrected chi connectivity index (χ4v) is 1.47. The molecule has 7 nitrogen and oxygen atoms in total. The number of nitrogens with zero attached hydrogens (tertiary/aromatic N) is 3. The van der Waals surface area contributed by atoms with Gasteiger partial charge in [0, 0.05) is 19.9 Å². The highest BCUT2D eigenvalue weighted by molar-refractivity contribution is 5.72. The van der Waals surface area contributed by atoms with Gasteiger partial charge in [-0.05, 0) is 0 Å². The first-order chi connectivity index (χ1) is 9.32. The lowest BCUT2D eigenvalue weighted by Gasteiger charge is -2.29. The number of carbonyl (C=O) groups excluding carboxylic acids is 1. The number of likely N-dealkylation sites (N-methyl/N-ethyl adjacent to an activating group) is 1. The van der Waals surface area contributed by atoms with Crippen LogP contribution in [0.15, 0.2) is 11.5 Å². The monoisotopic (exact) mass is 281 g/mol. The number of nitrogens with one attached hydrogen (secondary N) is 1. The third-order valence-corrected chi connectivity index (χ3v) is 2.69. The second-order valence-corrected chi connectivity index (χ2v) is 4.97. The van der Waals surface area contributed by atoms with Crippen LogP contribution in [0.5, 0.6) is 0 Å². The number of ether oxygens (including phenoxy) is 1. The van der Waals surface area contributed by atoms with Gasteiger partial charge in [-0.1, -0.05) is 0 Å². The highest BCUT2D eigenvalue weighted by atomic mass is 16.6. The Hall–Kier alpha value is -2.25. The molecule has 7 heteroatoms. The van der Waals surface area contributed by atoms with Crippen LogP contribution in [0.2, 0.25) is 0 Å². The highest BCUT2D eigenvalue weighted by Gasteiger charge is 2.15. The lowest BCUT2D eigenvalue weighted by Crippen LogP contribution is -2.44. The number of aliphatic hydroxyl groups is 1. The molecular formula is C13H21N4O3+. The number of hydrogen-bond acceptors (Lipinski definition) is 5. The van der Waals surface area contributed by atoms with Crippen molar-refractivity contribution in [2.24, 2.45) is 0 Å². The van der Waals surface area contributed by atoms with E-state index in [4.69, 9.17) is 15.3 Å². The maximum atomic E-state index is 10.7. The summed E-state index contributed by atoms with van der Waals surface area (Å²) in [5.41, 5.74) is -0.430. The number of carbonyl (C=O) groups is 1. The highest BCUT2D eigenvalue weighted by Crippen LogP contribution is 2.04. The van der Waals surface area contributed by atoms with Gasteiger partial charge in [0.15, 0.2) is 0 Å². The lowest BCUT2D eigenvalue weighted by molar-refractivity contribution is -0.890. The predicted octanol–water partition coefficient (Wildman–Crippen LogP) is 0.422. The Morgan fingerprint density at radius 3 is 2.40 bits per heavy atom. The first-order valence-corrected chi connectivity index (χ1v) is 6.25. The van der Waals surface area contributed by atoms with Gasteiger partial charge >= 0.3 is 5.95 Å². The Morgan fingerprint density at radius 2 is 1.90 bits per heavy atom. The van der Waals surface area contributed by atoms with Gasteiger partial charge in [-0.3, -0.25) is 4.79 Å². The summed E-state index contributed by atoms with van der Waals surface area (Å²) in [6, 6.07) is 3.10. The van der Waals surface area contributed by atoms with Crippen LogP contribution in [-0.4, -0.2) is 55.8 Å². The van der Waals surface area contributed by atoms with E-state index < -0.39 is 11.5 Å². The molecule has 1 amide bonds. The second-order valence-electron chi connectivity index (χ2n) is 4.97. The number of hydrogen-bond donors (Lipinski definition) is 2. The van der Waals surface area contributed by atoms with Crippen LogP contribution in [0.25, 0.3) is 0 Å². The molecule has 0 saturated heterocycles. The first-order valence-electron chi connectivity index (χ1n) is 6.25. The molecule has 0 aliphatic carbocycles. The summed E-state index contributed by atoms with van der Waals surface area (Å²) in [4.78, 5) is 10.7. The maximum absolute atomic E-state index is 10.7. The molecular weight excluding hydrogens is 260 g/mol. The van der Waals surface area contributed by atoms with E-state index in [1.165, 1.54) is 6.92 Å². The minimum absolute atomic E-state index is 0.0470. The number of aliphatic hydroxyl groups excluding tert-OH is 1. The van der Waals surface area contributed by atoms with Gasteiger partial charge in [-0.25, -0.2) is 0 Å². The number of rotatable bonds is 8. The van der Waals surface area contributed by atoms with E-state index in [1.807, 2.05) is 14.1 Å². The van der Waals surface area contributed by atoms with E-state index in [2.05, 4.69) is 5.32 Å². The van der Waals surface area contributed by atoms with Crippen molar-refractivity contribution in [2.75, 3.05) is 40.3 Å².